The SMILES string of the molecule is COc1ccc(N(CCCC(=O)N(Cc2ccc(Cl)cc2)[C@@H](C)C(=O)NC(C)C)S(C)(=O)=O)cc1Cl. The number of nitrogens with zero attached hydrogens (tertiary/aromatic N) is 2. The first kappa shape index (κ1) is 29.7. The third-order valence-electron chi connectivity index (χ3n) is 5.44. The Hall–Kier alpha value is -2.49. The van der Waals surface area contributed by atoms with Crippen LogP contribution in [-0.2, 0) is 26.2 Å². The Bertz CT molecular complexity index is 1160. The van der Waals surface area contributed by atoms with E-state index in [1.165, 1.54) is 22.4 Å². The molecule has 1 N–H and O–H groups in total. The maximum Gasteiger partial charge on any atom is 0.242 e. The van der Waals surface area contributed by atoms with Gasteiger partial charge in [-0.1, -0.05) is 35.3 Å². The van der Waals surface area contributed by atoms with Crippen molar-refractivity contribution in [2.45, 2.75) is 52.2 Å². The van der Waals surface area contributed by atoms with Gasteiger partial charge in [0, 0.05) is 30.6 Å². The zero-order chi connectivity index (χ0) is 27.0. The predicted molar refractivity (Wildman–Crippen MR) is 144 cm³/mol. The molecule has 0 saturated carbocycles. The smallest absolute Gasteiger partial charge is 0.242 e. The molecule has 2 aromatic rings. The van der Waals surface area contributed by atoms with Crippen molar-refractivity contribution < 1.29 is 22.7 Å². The Labute approximate surface area is 223 Å². The highest BCUT2D eigenvalue weighted by molar-refractivity contribution is 7.92. The summed E-state index contributed by atoms with van der Waals surface area (Å²) in [5, 5.41) is 3.69. The normalized spacial score (nSPS) is 12.2. The van der Waals surface area contributed by atoms with E-state index in [0.29, 0.717) is 16.5 Å². The third kappa shape index (κ3) is 8.57. The number of hydrogen-bond donors (Lipinski definition) is 1. The fourth-order valence-corrected chi connectivity index (χ4v) is 4.92. The average molecular weight is 559 g/mol. The summed E-state index contributed by atoms with van der Waals surface area (Å²) in [5.74, 6) is -0.105. The van der Waals surface area contributed by atoms with Gasteiger partial charge < -0.3 is 15.0 Å². The van der Waals surface area contributed by atoms with Gasteiger partial charge in [-0.3, -0.25) is 13.9 Å². The van der Waals surface area contributed by atoms with Crippen molar-refractivity contribution in [2.24, 2.45) is 0 Å². The Morgan fingerprint density at radius 3 is 2.22 bits per heavy atom. The number of sulfonamides is 1. The summed E-state index contributed by atoms with van der Waals surface area (Å²) in [6.07, 6.45) is 1.38. The van der Waals surface area contributed by atoms with E-state index in [0.717, 1.165) is 11.8 Å². The van der Waals surface area contributed by atoms with Crippen LogP contribution >= 0.6 is 23.2 Å². The summed E-state index contributed by atoms with van der Waals surface area (Å²) >= 11 is 12.2. The highest BCUT2D eigenvalue weighted by Gasteiger charge is 2.27. The van der Waals surface area contributed by atoms with Gasteiger partial charge in [0.15, 0.2) is 0 Å². The molecule has 0 aliphatic heterocycles. The lowest BCUT2D eigenvalue weighted by atomic mass is 10.1. The van der Waals surface area contributed by atoms with E-state index in [4.69, 9.17) is 27.9 Å². The number of ether oxygens (including phenoxy) is 1. The van der Waals surface area contributed by atoms with Crippen molar-refractivity contribution in [3.8, 4) is 5.75 Å². The lowest BCUT2D eigenvalue weighted by molar-refractivity contribution is -0.140. The summed E-state index contributed by atoms with van der Waals surface area (Å²) in [6, 6.07) is 10.9. The standard InChI is InChI=1S/C25H33Cl2N3O5S/c1-17(2)28-25(32)18(3)29(16-19-8-10-20(26)11-9-19)24(31)7-6-14-30(36(5,33)34)21-12-13-23(35-4)22(27)15-21/h8-13,15,17-18H,6-7,14,16H2,1-5H3,(H,28,32)/t18-/m0/s1. The van der Waals surface area contributed by atoms with E-state index in [1.54, 1.807) is 43.3 Å². The van der Waals surface area contributed by atoms with Crippen LogP contribution in [-0.4, -0.2) is 57.1 Å². The van der Waals surface area contributed by atoms with E-state index in [2.05, 4.69) is 5.32 Å². The molecule has 198 valence electrons. The first-order valence-electron chi connectivity index (χ1n) is 11.5. The van der Waals surface area contributed by atoms with E-state index in [-0.39, 0.29) is 48.8 Å². The molecular weight excluding hydrogens is 525 g/mol. The summed E-state index contributed by atoms with van der Waals surface area (Å²) in [4.78, 5) is 27.5. The van der Waals surface area contributed by atoms with Gasteiger partial charge in [0.1, 0.15) is 11.8 Å². The number of anilines is 1. The number of methoxy groups -OCH3 is 1. The van der Waals surface area contributed by atoms with Gasteiger partial charge >= 0.3 is 0 Å². The summed E-state index contributed by atoms with van der Waals surface area (Å²) < 4.78 is 31.3. The van der Waals surface area contributed by atoms with Crippen molar-refractivity contribution in [3.05, 3.63) is 58.1 Å². The molecule has 8 nitrogen and oxygen atoms in total. The summed E-state index contributed by atoms with van der Waals surface area (Å²) in [6.45, 7) is 5.65. The molecule has 0 unspecified atom stereocenters. The minimum absolute atomic E-state index is 0.0444. The quantitative estimate of drug-likeness (QED) is 0.414. The van der Waals surface area contributed by atoms with Crippen LogP contribution in [0.15, 0.2) is 42.5 Å². The fourth-order valence-electron chi connectivity index (χ4n) is 3.59. The van der Waals surface area contributed by atoms with Crippen molar-refractivity contribution in [1.82, 2.24) is 10.2 Å². The summed E-state index contributed by atoms with van der Waals surface area (Å²) in [7, 11) is -2.16. The highest BCUT2D eigenvalue weighted by atomic mass is 35.5. The van der Waals surface area contributed by atoms with Gasteiger partial charge in [0.05, 0.1) is 24.1 Å². The highest BCUT2D eigenvalue weighted by Crippen LogP contribution is 2.30. The van der Waals surface area contributed by atoms with E-state index >= 15 is 0 Å². The molecule has 0 fully saturated rings. The van der Waals surface area contributed by atoms with Gasteiger partial charge in [0.2, 0.25) is 21.8 Å². The van der Waals surface area contributed by atoms with Gasteiger partial charge in [-0.2, -0.15) is 0 Å². The van der Waals surface area contributed by atoms with E-state index in [9.17, 15) is 18.0 Å². The Balaban J connectivity index is 2.18. The summed E-state index contributed by atoms with van der Waals surface area (Å²) in [5.41, 5.74) is 1.20. The molecule has 2 rings (SSSR count). The zero-order valence-electron chi connectivity index (χ0n) is 21.1. The Morgan fingerprint density at radius 1 is 1.06 bits per heavy atom. The number of rotatable bonds is 12. The molecule has 0 aliphatic carbocycles. The number of hydrogen-bond acceptors (Lipinski definition) is 5. The number of benzene rings is 2. The number of carbonyl (C=O) groups excluding carboxylic acids is 2. The van der Waals surface area contributed by atoms with Gasteiger partial charge in [-0.05, 0) is 63.1 Å². The van der Waals surface area contributed by atoms with Crippen LogP contribution in [0.3, 0.4) is 0 Å². The molecule has 0 aromatic heterocycles. The lowest BCUT2D eigenvalue weighted by Gasteiger charge is -2.30. The predicted octanol–water partition coefficient (Wildman–Crippen LogP) is 4.49. The van der Waals surface area contributed by atoms with Crippen molar-refractivity contribution in [1.29, 1.82) is 0 Å². The second-order valence-electron chi connectivity index (χ2n) is 8.74. The van der Waals surface area contributed by atoms with Crippen molar-refractivity contribution in [2.75, 3.05) is 24.2 Å². The molecule has 2 amide bonds. The van der Waals surface area contributed by atoms with E-state index < -0.39 is 16.1 Å². The molecular formula is C25H33Cl2N3O5S. The van der Waals surface area contributed by atoms with Gasteiger partial charge in [-0.25, -0.2) is 8.42 Å². The molecule has 0 saturated heterocycles. The minimum atomic E-state index is -3.64. The third-order valence-corrected chi connectivity index (χ3v) is 7.18. The molecule has 2 aromatic carbocycles. The maximum absolute atomic E-state index is 13.3. The Kier molecular flexibility index (Phi) is 10.9. The van der Waals surface area contributed by atoms with Crippen LogP contribution in [0.25, 0.3) is 0 Å². The van der Waals surface area contributed by atoms with Crippen molar-refractivity contribution >= 4 is 50.7 Å². The molecule has 1 atom stereocenters. The van der Waals surface area contributed by atoms with Crippen LogP contribution in [0, 0.1) is 0 Å². The zero-order valence-corrected chi connectivity index (χ0v) is 23.5. The van der Waals surface area contributed by atoms with Gasteiger partial charge in [-0.15, -0.1) is 0 Å². The molecule has 36 heavy (non-hydrogen) atoms. The average Bonchev–Trinajstić information content (AvgIpc) is 2.79. The van der Waals surface area contributed by atoms with E-state index in [1.807, 2.05) is 13.8 Å². The Morgan fingerprint density at radius 2 is 1.69 bits per heavy atom. The largest absolute Gasteiger partial charge is 0.495 e. The van der Waals surface area contributed by atoms with Crippen LogP contribution < -0.4 is 14.4 Å². The van der Waals surface area contributed by atoms with Crippen LogP contribution in [0.5, 0.6) is 5.75 Å². The first-order valence-corrected chi connectivity index (χ1v) is 14.1. The van der Waals surface area contributed by atoms with Crippen LogP contribution in [0.1, 0.15) is 39.2 Å². The van der Waals surface area contributed by atoms with Crippen molar-refractivity contribution in [3.63, 3.8) is 0 Å². The molecule has 0 spiro atoms. The molecule has 0 radical (unpaired) electrons. The molecule has 11 heteroatoms. The monoisotopic (exact) mass is 557 g/mol. The second kappa shape index (κ2) is 13.2. The number of nitrogens with one attached hydrogen (secondary N) is 1. The maximum atomic E-state index is 13.3. The second-order valence-corrected chi connectivity index (χ2v) is 11.5. The first-order chi connectivity index (χ1) is 16.8. The number of amides is 2. The minimum Gasteiger partial charge on any atom is -0.495 e. The topological polar surface area (TPSA) is 96.0 Å². The van der Waals surface area contributed by atoms with Crippen LogP contribution in [0.2, 0.25) is 10.0 Å². The van der Waals surface area contributed by atoms with Crippen LogP contribution in [0.4, 0.5) is 5.69 Å². The van der Waals surface area contributed by atoms with Gasteiger partial charge in [0.25, 0.3) is 0 Å². The lowest BCUT2D eigenvalue weighted by Crippen LogP contribution is -2.49. The fraction of sp³-hybridized carbons (Fsp3) is 0.440. The number of halogens is 2. The molecule has 0 heterocycles. The number of carbonyl (C=O) groups is 2. The molecule has 0 aliphatic rings. The molecule has 0 bridgehead atoms.